The number of carbonyl (C=O) groups excluding carboxylic acids is 1. The number of nitrogens with one attached hydrogen (secondary N) is 1. The first-order valence-electron chi connectivity index (χ1n) is 10.1. The average Bonchev–Trinajstić information content (AvgIpc) is 2.74. The average molecular weight is 473 g/mol. The van der Waals surface area contributed by atoms with Crippen molar-refractivity contribution in [2.24, 2.45) is 0 Å². The van der Waals surface area contributed by atoms with Crippen molar-refractivity contribution in [1.82, 2.24) is 0 Å². The Morgan fingerprint density at radius 1 is 1.06 bits per heavy atom. The van der Waals surface area contributed by atoms with Crippen LogP contribution in [0, 0.1) is 6.92 Å². The first-order chi connectivity index (χ1) is 15.2. The maximum Gasteiger partial charge on any atom is 0.248 e. The zero-order chi connectivity index (χ0) is 23.3. The highest BCUT2D eigenvalue weighted by atomic mass is 35.5. The summed E-state index contributed by atoms with van der Waals surface area (Å²) < 4.78 is 32.3. The number of nitrogens with zero attached hydrogens (tertiary/aromatic N) is 1. The van der Waals surface area contributed by atoms with Gasteiger partial charge in [-0.05, 0) is 55.8 Å². The van der Waals surface area contributed by atoms with Crippen LogP contribution >= 0.6 is 11.6 Å². The molecule has 3 aromatic rings. The summed E-state index contributed by atoms with van der Waals surface area (Å²) in [5.74, 6) is 0.499. The lowest BCUT2D eigenvalue weighted by Gasteiger charge is -2.30. The zero-order valence-corrected chi connectivity index (χ0v) is 19.7. The quantitative estimate of drug-likeness (QED) is 0.461. The lowest BCUT2D eigenvalue weighted by atomic mass is 10.1. The third kappa shape index (κ3) is 5.81. The molecule has 0 fully saturated rings. The highest BCUT2D eigenvalue weighted by Gasteiger charge is 2.32. The Hall–Kier alpha value is -3.03. The van der Waals surface area contributed by atoms with Crippen LogP contribution in [0.3, 0.4) is 0 Å². The second kappa shape index (κ2) is 10.1. The molecular weight excluding hydrogens is 448 g/mol. The summed E-state index contributed by atoms with van der Waals surface area (Å²) in [6.07, 6.45) is 1.36. The molecule has 3 aromatic carbocycles. The molecule has 168 valence electrons. The third-order valence-corrected chi connectivity index (χ3v) is 6.20. The first kappa shape index (κ1) is 23.6. The van der Waals surface area contributed by atoms with Gasteiger partial charge in [-0.3, -0.25) is 9.10 Å². The molecule has 3 rings (SSSR count). The van der Waals surface area contributed by atoms with Gasteiger partial charge in [0.2, 0.25) is 15.9 Å². The summed E-state index contributed by atoms with van der Waals surface area (Å²) in [7, 11) is -3.73. The highest BCUT2D eigenvalue weighted by Crippen LogP contribution is 2.33. The van der Waals surface area contributed by atoms with Crippen molar-refractivity contribution in [3.05, 3.63) is 83.4 Å². The molecule has 1 atom stereocenters. The molecule has 0 radical (unpaired) electrons. The Balaban J connectivity index is 1.93. The van der Waals surface area contributed by atoms with Crippen LogP contribution in [0.1, 0.15) is 18.9 Å². The molecule has 6 nitrogen and oxygen atoms in total. The number of sulfonamides is 1. The Morgan fingerprint density at radius 3 is 2.31 bits per heavy atom. The number of aryl methyl sites for hydroxylation is 1. The van der Waals surface area contributed by atoms with E-state index in [9.17, 15) is 13.2 Å². The smallest absolute Gasteiger partial charge is 0.248 e. The SMILES string of the molecule is CC[C@@H](C(=O)Nc1cc(Cl)ccc1Oc1ccccc1)N(c1ccc(C)cc1)S(C)(=O)=O. The second-order valence-electron chi connectivity index (χ2n) is 7.36. The molecule has 1 amide bonds. The predicted molar refractivity (Wildman–Crippen MR) is 129 cm³/mol. The van der Waals surface area contributed by atoms with E-state index in [0.717, 1.165) is 16.1 Å². The van der Waals surface area contributed by atoms with Crippen molar-refractivity contribution < 1.29 is 17.9 Å². The Labute approximate surface area is 193 Å². The molecule has 32 heavy (non-hydrogen) atoms. The molecule has 0 spiro atoms. The number of hydrogen-bond donors (Lipinski definition) is 1. The minimum absolute atomic E-state index is 0.266. The summed E-state index contributed by atoms with van der Waals surface area (Å²) in [5.41, 5.74) is 1.76. The van der Waals surface area contributed by atoms with E-state index < -0.39 is 22.0 Å². The standard InChI is InChI=1S/C24H25ClN2O4S/c1-4-22(27(32(3,29)30)19-13-10-17(2)11-14-19)24(28)26-21-16-18(25)12-15-23(21)31-20-8-6-5-7-9-20/h5-16,22H,4H2,1-3H3,(H,26,28)/t22-/m0/s1. The summed E-state index contributed by atoms with van der Waals surface area (Å²) in [4.78, 5) is 13.3. The molecule has 0 saturated heterocycles. The summed E-state index contributed by atoms with van der Waals surface area (Å²) >= 11 is 6.15. The van der Waals surface area contributed by atoms with Gasteiger partial charge >= 0.3 is 0 Å². The van der Waals surface area contributed by atoms with Gasteiger partial charge in [-0.1, -0.05) is 54.4 Å². The number of amides is 1. The van der Waals surface area contributed by atoms with Crippen molar-refractivity contribution >= 4 is 38.9 Å². The second-order valence-corrected chi connectivity index (χ2v) is 9.66. The van der Waals surface area contributed by atoms with Crippen LogP contribution in [-0.2, 0) is 14.8 Å². The Morgan fingerprint density at radius 2 is 1.72 bits per heavy atom. The van der Waals surface area contributed by atoms with Crippen LogP contribution in [0.15, 0.2) is 72.8 Å². The lowest BCUT2D eigenvalue weighted by molar-refractivity contribution is -0.117. The predicted octanol–water partition coefficient (Wildman–Crippen LogP) is 5.62. The number of para-hydroxylation sites is 1. The highest BCUT2D eigenvalue weighted by molar-refractivity contribution is 7.92. The number of halogens is 1. The number of rotatable bonds is 8. The normalized spacial score (nSPS) is 12.1. The molecule has 1 N–H and O–H groups in total. The molecule has 0 heterocycles. The van der Waals surface area contributed by atoms with Crippen LogP contribution < -0.4 is 14.4 Å². The molecule has 0 unspecified atom stereocenters. The van der Waals surface area contributed by atoms with E-state index in [4.69, 9.17) is 16.3 Å². The molecule has 0 aromatic heterocycles. The van der Waals surface area contributed by atoms with E-state index >= 15 is 0 Å². The number of anilines is 2. The monoisotopic (exact) mass is 472 g/mol. The van der Waals surface area contributed by atoms with Crippen LogP contribution in [0.25, 0.3) is 0 Å². The maximum atomic E-state index is 13.3. The van der Waals surface area contributed by atoms with Crippen LogP contribution in [0.5, 0.6) is 11.5 Å². The van der Waals surface area contributed by atoms with Crippen LogP contribution in [0.4, 0.5) is 11.4 Å². The Bertz CT molecular complexity index is 1180. The molecule has 0 aliphatic rings. The Kier molecular flexibility index (Phi) is 7.43. The van der Waals surface area contributed by atoms with Crippen molar-refractivity contribution in [1.29, 1.82) is 0 Å². The van der Waals surface area contributed by atoms with Crippen molar-refractivity contribution in [3.8, 4) is 11.5 Å². The number of hydrogen-bond acceptors (Lipinski definition) is 4. The summed E-state index contributed by atoms with van der Waals surface area (Å²) in [6.45, 7) is 3.67. The van der Waals surface area contributed by atoms with Gasteiger partial charge in [-0.2, -0.15) is 0 Å². The fourth-order valence-electron chi connectivity index (χ4n) is 3.27. The van der Waals surface area contributed by atoms with Crippen molar-refractivity contribution in [3.63, 3.8) is 0 Å². The van der Waals surface area contributed by atoms with Gasteiger partial charge < -0.3 is 10.1 Å². The van der Waals surface area contributed by atoms with Gasteiger partial charge in [0.05, 0.1) is 17.6 Å². The molecular formula is C24H25ClN2O4S. The molecule has 0 aliphatic heterocycles. The minimum Gasteiger partial charge on any atom is -0.455 e. The van der Waals surface area contributed by atoms with E-state index in [1.54, 1.807) is 61.5 Å². The van der Waals surface area contributed by atoms with E-state index in [-0.39, 0.29) is 6.42 Å². The van der Waals surface area contributed by atoms with Gasteiger partial charge in [0.1, 0.15) is 11.8 Å². The minimum atomic E-state index is -3.73. The van der Waals surface area contributed by atoms with Gasteiger partial charge in [-0.15, -0.1) is 0 Å². The van der Waals surface area contributed by atoms with Gasteiger partial charge in [0.25, 0.3) is 0 Å². The van der Waals surface area contributed by atoms with Crippen LogP contribution in [-0.4, -0.2) is 26.6 Å². The fraction of sp³-hybridized carbons (Fsp3) is 0.208. The number of benzene rings is 3. The van der Waals surface area contributed by atoms with Gasteiger partial charge in [0, 0.05) is 5.02 Å². The first-order valence-corrected chi connectivity index (χ1v) is 12.3. The van der Waals surface area contributed by atoms with Crippen molar-refractivity contribution in [2.75, 3.05) is 15.9 Å². The van der Waals surface area contributed by atoms with Crippen molar-refractivity contribution in [2.45, 2.75) is 26.3 Å². The third-order valence-electron chi connectivity index (χ3n) is 4.79. The molecule has 0 saturated carbocycles. The van der Waals surface area contributed by atoms with E-state index in [0.29, 0.717) is 27.9 Å². The molecule has 8 heteroatoms. The topological polar surface area (TPSA) is 75.7 Å². The van der Waals surface area contributed by atoms with E-state index in [1.165, 1.54) is 0 Å². The van der Waals surface area contributed by atoms with Crippen LogP contribution in [0.2, 0.25) is 5.02 Å². The zero-order valence-electron chi connectivity index (χ0n) is 18.1. The number of ether oxygens (including phenoxy) is 1. The summed E-state index contributed by atoms with van der Waals surface area (Å²) in [6, 6.07) is 20.0. The molecule has 0 aliphatic carbocycles. The maximum absolute atomic E-state index is 13.3. The van der Waals surface area contributed by atoms with Gasteiger partial charge in [-0.25, -0.2) is 8.42 Å². The van der Waals surface area contributed by atoms with E-state index in [2.05, 4.69) is 5.32 Å². The number of carbonyl (C=O) groups is 1. The fourth-order valence-corrected chi connectivity index (χ4v) is 4.66. The largest absolute Gasteiger partial charge is 0.455 e. The van der Waals surface area contributed by atoms with E-state index in [1.807, 2.05) is 25.1 Å². The lowest BCUT2D eigenvalue weighted by Crippen LogP contribution is -2.47. The summed E-state index contributed by atoms with van der Waals surface area (Å²) in [5, 5.41) is 3.21. The molecule has 0 bridgehead atoms. The van der Waals surface area contributed by atoms with Gasteiger partial charge in [0.15, 0.2) is 5.75 Å².